The summed E-state index contributed by atoms with van der Waals surface area (Å²) in [6.07, 6.45) is 7.25. The van der Waals surface area contributed by atoms with Crippen LogP contribution in [0.4, 0.5) is 4.79 Å². The molecule has 1 unspecified atom stereocenters. The highest BCUT2D eigenvalue weighted by atomic mass is 16.6. The Morgan fingerprint density at radius 1 is 1.23 bits per heavy atom. The van der Waals surface area contributed by atoms with Gasteiger partial charge < -0.3 is 25.3 Å². The zero-order valence-electron chi connectivity index (χ0n) is 19.3. The first-order valence-electron chi connectivity index (χ1n) is 11.2. The van der Waals surface area contributed by atoms with Gasteiger partial charge in [-0.15, -0.1) is 10.2 Å². The van der Waals surface area contributed by atoms with Gasteiger partial charge in [-0.1, -0.05) is 26.2 Å². The highest BCUT2D eigenvalue weighted by molar-refractivity contribution is 5.80. The molecule has 0 saturated carbocycles. The molecule has 1 atom stereocenters. The number of alkyl carbamates (subject to hydrolysis) is 1. The molecule has 170 valence electrons. The molecule has 30 heavy (non-hydrogen) atoms. The molecule has 9 heteroatoms. The van der Waals surface area contributed by atoms with Crippen molar-refractivity contribution in [3.63, 3.8) is 0 Å². The molecule has 1 aliphatic rings. The second-order valence-corrected chi connectivity index (χ2v) is 8.79. The van der Waals surface area contributed by atoms with Gasteiger partial charge in [-0.3, -0.25) is 4.99 Å². The van der Waals surface area contributed by atoms with Gasteiger partial charge in [-0.05, 0) is 40.0 Å². The zero-order chi connectivity index (χ0) is 22.0. The average Bonchev–Trinajstić information content (AvgIpc) is 2.91. The summed E-state index contributed by atoms with van der Waals surface area (Å²) in [7, 11) is 1.75. The Hall–Kier alpha value is -2.32. The summed E-state index contributed by atoms with van der Waals surface area (Å²) < 4.78 is 7.57. The number of carbonyl (C=O) groups excluding carboxylic acids is 1. The van der Waals surface area contributed by atoms with Crippen LogP contribution >= 0.6 is 0 Å². The smallest absolute Gasteiger partial charge is 0.407 e. The third kappa shape index (κ3) is 8.20. The Morgan fingerprint density at radius 2 is 2.03 bits per heavy atom. The lowest BCUT2D eigenvalue weighted by atomic mass is 10.1. The number of aliphatic imine (C=N–C) groups is 1. The van der Waals surface area contributed by atoms with E-state index in [-0.39, 0.29) is 6.04 Å². The maximum atomic E-state index is 12.0. The zero-order valence-corrected chi connectivity index (χ0v) is 19.3. The van der Waals surface area contributed by atoms with E-state index in [1.54, 1.807) is 7.05 Å². The number of amides is 1. The van der Waals surface area contributed by atoms with Crippen molar-refractivity contribution in [2.24, 2.45) is 4.99 Å². The molecule has 0 spiro atoms. The maximum absolute atomic E-state index is 12.0. The van der Waals surface area contributed by atoms with E-state index < -0.39 is 11.7 Å². The number of nitrogens with one attached hydrogen (secondary N) is 3. The first kappa shape index (κ1) is 24.0. The Balaban J connectivity index is 1.90. The summed E-state index contributed by atoms with van der Waals surface area (Å²) >= 11 is 0. The standard InChI is InChI=1S/C21H39N7O2/c1-6-7-11-16(14-24-20(29)30-21(2,3)4)25-19(22-5)23-15-18-27-26-17-12-9-8-10-13-28(17)18/h16H,6-15H2,1-5H3,(H,24,29)(H2,22,23,25). The number of hydrogen-bond donors (Lipinski definition) is 3. The summed E-state index contributed by atoms with van der Waals surface area (Å²) in [6, 6.07) is 0.0548. The van der Waals surface area contributed by atoms with Crippen molar-refractivity contribution in [3.8, 4) is 0 Å². The minimum atomic E-state index is -0.510. The molecular weight excluding hydrogens is 382 g/mol. The van der Waals surface area contributed by atoms with Crippen LogP contribution in [0.15, 0.2) is 4.99 Å². The lowest BCUT2D eigenvalue weighted by Crippen LogP contribution is -2.49. The SMILES string of the molecule is CCCCC(CNC(=O)OC(C)(C)C)NC(=NC)NCc1nnc2n1CCCCC2. The summed E-state index contributed by atoms with van der Waals surface area (Å²) in [5, 5.41) is 18.3. The third-order valence-electron chi connectivity index (χ3n) is 4.96. The minimum Gasteiger partial charge on any atom is -0.444 e. The number of ether oxygens (including phenoxy) is 1. The van der Waals surface area contributed by atoms with Crippen molar-refractivity contribution in [2.75, 3.05) is 13.6 Å². The molecule has 1 aromatic heterocycles. The number of guanidine groups is 1. The van der Waals surface area contributed by atoms with Gasteiger partial charge in [0.1, 0.15) is 11.4 Å². The van der Waals surface area contributed by atoms with Crippen LogP contribution < -0.4 is 16.0 Å². The topological polar surface area (TPSA) is 105 Å². The minimum absolute atomic E-state index is 0.0548. The van der Waals surface area contributed by atoms with Gasteiger partial charge in [0.2, 0.25) is 0 Å². The van der Waals surface area contributed by atoms with E-state index >= 15 is 0 Å². The molecule has 9 nitrogen and oxygen atoms in total. The number of aromatic nitrogens is 3. The molecule has 0 aliphatic carbocycles. The summed E-state index contributed by atoms with van der Waals surface area (Å²) in [6.45, 7) is 9.73. The van der Waals surface area contributed by atoms with Crippen molar-refractivity contribution in [3.05, 3.63) is 11.6 Å². The van der Waals surface area contributed by atoms with E-state index in [9.17, 15) is 4.79 Å². The fourth-order valence-corrected chi connectivity index (χ4v) is 3.42. The van der Waals surface area contributed by atoms with Crippen LogP contribution in [0, 0.1) is 0 Å². The summed E-state index contributed by atoms with van der Waals surface area (Å²) in [5.74, 6) is 2.70. The number of hydrogen-bond acceptors (Lipinski definition) is 5. The van der Waals surface area contributed by atoms with E-state index in [2.05, 4.69) is 42.6 Å². The highest BCUT2D eigenvalue weighted by Gasteiger charge is 2.19. The largest absolute Gasteiger partial charge is 0.444 e. The van der Waals surface area contributed by atoms with Crippen LogP contribution in [0.1, 0.15) is 77.9 Å². The van der Waals surface area contributed by atoms with Crippen LogP contribution in [0.2, 0.25) is 0 Å². The predicted octanol–water partition coefficient (Wildman–Crippen LogP) is 2.75. The molecule has 0 aromatic carbocycles. The number of nitrogens with zero attached hydrogens (tertiary/aromatic N) is 4. The van der Waals surface area contributed by atoms with Crippen LogP contribution in [-0.2, 0) is 24.2 Å². The normalized spacial score (nSPS) is 15.7. The van der Waals surface area contributed by atoms with Gasteiger partial charge in [0.15, 0.2) is 11.8 Å². The fraction of sp³-hybridized carbons (Fsp3) is 0.810. The molecule has 0 bridgehead atoms. The molecule has 0 saturated heterocycles. The first-order chi connectivity index (χ1) is 14.3. The molecule has 2 heterocycles. The van der Waals surface area contributed by atoms with E-state index in [1.165, 1.54) is 19.3 Å². The van der Waals surface area contributed by atoms with Crippen molar-refractivity contribution in [1.82, 2.24) is 30.7 Å². The van der Waals surface area contributed by atoms with Crippen molar-refractivity contribution < 1.29 is 9.53 Å². The molecule has 1 aliphatic heterocycles. The Bertz CT molecular complexity index is 694. The molecule has 2 rings (SSSR count). The fourth-order valence-electron chi connectivity index (χ4n) is 3.42. The Labute approximate surface area is 180 Å². The molecule has 1 amide bonds. The first-order valence-corrected chi connectivity index (χ1v) is 11.2. The average molecular weight is 422 g/mol. The lowest BCUT2D eigenvalue weighted by molar-refractivity contribution is 0.0523. The van der Waals surface area contributed by atoms with Crippen molar-refractivity contribution in [2.45, 2.75) is 97.4 Å². The Kier molecular flexibility index (Phi) is 9.39. The summed E-state index contributed by atoms with van der Waals surface area (Å²) in [5.41, 5.74) is -0.510. The predicted molar refractivity (Wildman–Crippen MR) is 118 cm³/mol. The van der Waals surface area contributed by atoms with E-state index in [1.807, 2.05) is 20.8 Å². The lowest BCUT2D eigenvalue weighted by Gasteiger charge is -2.24. The quantitative estimate of drug-likeness (QED) is 0.440. The number of unbranched alkanes of at least 4 members (excludes halogenated alkanes) is 1. The second kappa shape index (κ2) is 11.8. The highest BCUT2D eigenvalue weighted by Crippen LogP contribution is 2.14. The van der Waals surface area contributed by atoms with Gasteiger partial charge >= 0.3 is 6.09 Å². The molecule has 0 fully saturated rings. The molecule has 1 aromatic rings. The van der Waals surface area contributed by atoms with Crippen LogP contribution in [-0.4, -0.2) is 52.1 Å². The van der Waals surface area contributed by atoms with Crippen LogP contribution in [0.25, 0.3) is 0 Å². The summed E-state index contributed by atoms with van der Waals surface area (Å²) in [4.78, 5) is 16.4. The number of aryl methyl sites for hydroxylation is 1. The molecular formula is C21H39N7O2. The molecule has 3 N–H and O–H groups in total. The van der Waals surface area contributed by atoms with Gasteiger partial charge in [-0.25, -0.2) is 4.79 Å². The number of carbonyl (C=O) groups is 1. The van der Waals surface area contributed by atoms with E-state index in [4.69, 9.17) is 4.74 Å². The van der Waals surface area contributed by atoms with Gasteiger partial charge in [-0.2, -0.15) is 0 Å². The van der Waals surface area contributed by atoms with Gasteiger partial charge in [0, 0.05) is 32.6 Å². The van der Waals surface area contributed by atoms with E-state index in [0.717, 1.165) is 43.9 Å². The van der Waals surface area contributed by atoms with Crippen molar-refractivity contribution >= 4 is 12.1 Å². The van der Waals surface area contributed by atoms with Gasteiger partial charge in [0.05, 0.1) is 6.54 Å². The van der Waals surface area contributed by atoms with Gasteiger partial charge in [0.25, 0.3) is 0 Å². The maximum Gasteiger partial charge on any atom is 0.407 e. The molecule has 0 radical (unpaired) electrons. The van der Waals surface area contributed by atoms with E-state index in [0.29, 0.717) is 19.0 Å². The second-order valence-electron chi connectivity index (χ2n) is 8.79. The monoisotopic (exact) mass is 421 g/mol. The number of fused-ring (bicyclic) bond motifs is 1. The Morgan fingerprint density at radius 3 is 2.73 bits per heavy atom. The third-order valence-corrected chi connectivity index (χ3v) is 4.96. The van der Waals surface area contributed by atoms with Crippen LogP contribution in [0.3, 0.4) is 0 Å². The number of rotatable bonds is 8. The van der Waals surface area contributed by atoms with Crippen molar-refractivity contribution in [1.29, 1.82) is 0 Å². The van der Waals surface area contributed by atoms with Crippen LogP contribution in [0.5, 0.6) is 0 Å².